The van der Waals surface area contributed by atoms with Crippen molar-refractivity contribution in [3.8, 4) is 0 Å². The number of fused-ring (bicyclic) bond motifs is 3. The van der Waals surface area contributed by atoms with E-state index in [1.54, 1.807) is 0 Å². The largest absolute Gasteiger partial charge is 0.334 e. The lowest BCUT2D eigenvalue weighted by atomic mass is 9.87. The van der Waals surface area contributed by atoms with Crippen molar-refractivity contribution in [2.24, 2.45) is 0 Å². The quantitative estimate of drug-likeness (QED) is 0.555. The second-order valence-corrected chi connectivity index (χ2v) is 9.71. The standard InChI is InChI=1S/C24H27Cl2N3O/c1-24(2,3)15-5-4-6-16(13-15)28-21(30)14-29-20-10-12-27-11-9-17(20)22-18(25)7-8-19(26)23(22)29/h4-8,13,27H,9-12,14H2,1-3H3,(H,28,30). The first kappa shape index (κ1) is 21.2. The van der Waals surface area contributed by atoms with Gasteiger partial charge >= 0.3 is 0 Å². The Morgan fingerprint density at radius 1 is 1.10 bits per heavy atom. The number of anilines is 1. The van der Waals surface area contributed by atoms with Crippen molar-refractivity contribution >= 4 is 45.7 Å². The lowest BCUT2D eigenvalue weighted by Gasteiger charge is -2.20. The van der Waals surface area contributed by atoms with Crippen molar-refractivity contribution in [1.82, 2.24) is 9.88 Å². The van der Waals surface area contributed by atoms with Crippen LogP contribution < -0.4 is 10.6 Å². The summed E-state index contributed by atoms with van der Waals surface area (Å²) in [4.78, 5) is 13.0. The van der Waals surface area contributed by atoms with Gasteiger partial charge in [-0.05, 0) is 53.8 Å². The molecule has 1 aromatic heterocycles. The Morgan fingerprint density at radius 3 is 2.60 bits per heavy atom. The van der Waals surface area contributed by atoms with Gasteiger partial charge in [0.05, 0.1) is 15.6 Å². The first-order valence-corrected chi connectivity index (χ1v) is 11.1. The monoisotopic (exact) mass is 443 g/mol. The first-order valence-electron chi connectivity index (χ1n) is 10.3. The van der Waals surface area contributed by atoms with E-state index in [9.17, 15) is 4.79 Å². The number of nitrogens with one attached hydrogen (secondary N) is 2. The maximum Gasteiger partial charge on any atom is 0.244 e. The molecule has 3 aromatic rings. The van der Waals surface area contributed by atoms with Crippen LogP contribution >= 0.6 is 23.2 Å². The zero-order valence-corrected chi connectivity index (χ0v) is 19.1. The molecule has 30 heavy (non-hydrogen) atoms. The highest BCUT2D eigenvalue weighted by Gasteiger charge is 2.24. The van der Waals surface area contributed by atoms with Gasteiger partial charge in [-0.3, -0.25) is 4.79 Å². The molecular weight excluding hydrogens is 417 g/mol. The lowest BCUT2D eigenvalue weighted by molar-refractivity contribution is -0.116. The van der Waals surface area contributed by atoms with Crippen molar-refractivity contribution in [1.29, 1.82) is 0 Å². The van der Waals surface area contributed by atoms with Gasteiger partial charge in [-0.15, -0.1) is 0 Å². The SMILES string of the molecule is CC(C)(C)c1cccc(NC(=O)Cn2c3c(c4c(Cl)ccc(Cl)c42)CCNCC3)c1. The van der Waals surface area contributed by atoms with Gasteiger partial charge in [-0.25, -0.2) is 0 Å². The molecule has 4 rings (SSSR count). The topological polar surface area (TPSA) is 46.1 Å². The molecule has 4 nitrogen and oxygen atoms in total. The van der Waals surface area contributed by atoms with Crippen molar-refractivity contribution in [2.75, 3.05) is 18.4 Å². The van der Waals surface area contributed by atoms with E-state index in [0.29, 0.717) is 10.0 Å². The van der Waals surface area contributed by atoms with Gasteiger partial charge in [0, 0.05) is 29.7 Å². The van der Waals surface area contributed by atoms with Crippen LogP contribution in [0.4, 0.5) is 5.69 Å². The number of amides is 1. The van der Waals surface area contributed by atoms with Crippen LogP contribution in [0.2, 0.25) is 10.0 Å². The molecule has 1 aliphatic heterocycles. The molecule has 2 N–H and O–H groups in total. The highest BCUT2D eigenvalue weighted by molar-refractivity contribution is 6.40. The summed E-state index contributed by atoms with van der Waals surface area (Å²) < 4.78 is 2.05. The zero-order chi connectivity index (χ0) is 21.5. The van der Waals surface area contributed by atoms with Gasteiger partial charge in [-0.1, -0.05) is 56.1 Å². The average Bonchev–Trinajstić information content (AvgIpc) is 2.83. The Bertz CT molecular complexity index is 1110. The summed E-state index contributed by atoms with van der Waals surface area (Å²) in [6.45, 7) is 8.44. The summed E-state index contributed by atoms with van der Waals surface area (Å²) >= 11 is 13.1. The minimum absolute atomic E-state index is 0.0198. The third kappa shape index (κ3) is 4.09. The number of benzene rings is 2. The van der Waals surface area contributed by atoms with E-state index < -0.39 is 0 Å². The Hall–Kier alpha value is -2.01. The second kappa shape index (κ2) is 8.26. The zero-order valence-electron chi connectivity index (χ0n) is 17.6. The van der Waals surface area contributed by atoms with Crippen molar-refractivity contribution < 1.29 is 4.79 Å². The second-order valence-electron chi connectivity index (χ2n) is 8.89. The molecule has 0 unspecified atom stereocenters. The Morgan fingerprint density at radius 2 is 1.83 bits per heavy atom. The summed E-state index contributed by atoms with van der Waals surface area (Å²) in [5.74, 6) is -0.0750. The van der Waals surface area contributed by atoms with Gasteiger partial charge < -0.3 is 15.2 Å². The van der Waals surface area contributed by atoms with Crippen LogP contribution in [0.25, 0.3) is 10.9 Å². The molecule has 0 fully saturated rings. The minimum atomic E-state index is -0.0750. The predicted octanol–water partition coefficient (Wildman–Crippen LogP) is 5.57. The van der Waals surface area contributed by atoms with Crippen molar-refractivity contribution in [3.05, 3.63) is 63.3 Å². The third-order valence-corrected chi connectivity index (χ3v) is 6.35. The molecule has 0 atom stereocenters. The van der Waals surface area contributed by atoms with E-state index in [1.807, 2.05) is 30.3 Å². The molecule has 0 aliphatic carbocycles. The molecule has 1 amide bonds. The van der Waals surface area contributed by atoms with Crippen LogP contribution in [0, 0.1) is 0 Å². The number of hydrogen-bond donors (Lipinski definition) is 2. The normalized spacial score (nSPS) is 14.4. The number of aromatic nitrogens is 1. The summed E-state index contributed by atoms with van der Waals surface area (Å²) in [7, 11) is 0. The summed E-state index contributed by atoms with van der Waals surface area (Å²) in [5.41, 5.74) is 5.21. The van der Waals surface area contributed by atoms with Crippen molar-refractivity contribution in [2.45, 2.75) is 45.6 Å². The van der Waals surface area contributed by atoms with Crippen molar-refractivity contribution in [3.63, 3.8) is 0 Å². The van der Waals surface area contributed by atoms with Gasteiger partial charge in [-0.2, -0.15) is 0 Å². The molecule has 0 radical (unpaired) electrons. The van der Waals surface area contributed by atoms with E-state index in [0.717, 1.165) is 48.2 Å². The molecule has 6 heteroatoms. The van der Waals surface area contributed by atoms with Crippen LogP contribution in [0.15, 0.2) is 36.4 Å². The number of halogens is 2. The van der Waals surface area contributed by atoms with Crippen LogP contribution in [-0.2, 0) is 29.6 Å². The molecule has 0 spiro atoms. The Labute approximate surface area is 187 Å². The first-order chi connectivity index (χ1) is 14.3. The van der Waals surface area contributed by atoms with E-state index in [2.05, 4.69) is 42.0 Å². The van der Waals surface area contributed by atoms with Crippen LogP contribution in [-0.4, -0.2) is 23.6 Å². The van der Waals surface area contributed by atoms with Gasteiger partial charge in [0.2, 0.25) is 5.91 Å². The number of carbonyl (C=O) groups is 1. The van der Waals surface area contributed by atoms with E-state index in [4.69, 9.17) is 23.2 Å². The third-order valence-electron chi connectivity index (χ3n) is 5.73. The van der Waals surface area contributed by atoms with Gasteiger partial charge in [0.1, 0.15) is 6.54 Å². The maximum absolute atomic E-state index is 13.0. The van der Waals surface area contributed by atoms with Crippen LogP contribution in [0.1, 0.15) is 37.6 Å². The molecule has 2 aromatic carbocycles. The lowest BCUT2D eigenvalue weighted by Crippen LogP contribution is -2.22. The predicted molar refractivity (Wildman–Crippen MR) is 126 cm³/mol. The molecule has 158 valence electrons. The number of hydrogen-bond acceptors (Lipinski definition) is 2. The fraction of sp³-hybridized carbons (Fsp3) is 0.375. The Kier molecular flexibility index (Phi) is 5.84. The summed E-state index contributed by atoms with van der Waals surface area (Å²) in [6.07, 6.45) is 1.71. The molecule has 1 aliphatic rings. The molecule has 0 saturated heterocycles. The molecule has 2 heterocycles. The summed E-state index contributed by atoms with van der Waals surface area (Å²) in [6, 6.07) is 11.7. The number of nitrogens with zero attached hydrogens (tertiary/aromatic N) is 1. The van der Waals surface area contributed by atoms with E-state index in [1.165, 1.54) is 11.1 Å². The van der Waals surface area contributed by atoms with E-state index >= 15 is 0 Å². The fourth-order valence-electron chi connectivity index (χ4n) is 4.22. The average molecular weight is 444 g/mol. The highest BCUT2D eigenvalue weighted by Crippen LogP contribution is 2.37. The van der Waals surface area contributed by atoms with E-state index in [-0.39, 0.29) is 17.9 Å². The summed E-state index contributed by atoms with van der Waals surface area (Å²) in [5, 5.41) is 8.78. The van der Waals surface area contributed by atoms with Gasteiger partial charge in [0.25, 0.3) is 0 Å². The molecule has 0 bridgehead atoms. The minimum Gasteiger partial charge on any atom is -0.334 e. The fourth-order valence-corrected chi connectivity index (χ4v) is 4.74. The maximum atomic E-state index is 13.0. The molecule has 0 saturated carbocycles. The number of rotatable bonds is 3. The number of carbonyl (C=O) groups excluding carboxylic acids is 1. The van der Waals surface area contributed by atoms with Crippen LogP contribution in [0.5, 0.6) is 0 Å². The van der Waals surface area contributed by atoms with Crippen LogP contribution in [0.3, 0.4) is 0 Å². The highest BCUT2D eigenvalue weighted by atomic mass is 35.5. The molecular formula is C24H27Cl2N3O. The van der Waals surface area contributed by atoms with Gasteiger partial charge in [0.15, 0.2) is 0 Å². The smallest absolute Gasteiger partial charge is 0.244 e. The Balaban J connectivity index is 1.70.